The fourth-order valence-corrected chi connectivity index (χ4v) is 1.89. The fourth-order valence-electron chi connectivity index (χ4n) is 1.89. The molecule has 1 aromatic carbocycles. The molecule has 0 aromatic heterocycles. The quantitative estimate of drug-likeness (QED) is 0.895. The normalized spacial score (nSPS) is 23.5. The van der Waals surface area contributed by atoms with E-state index in [0.29, 0.717) is 24.5 Å². The summed E-state index contributed by atoms with van der Waals surface area (Å²) in [5.74, 6) is 1.36. The van der Waals surface area contributed by atoms with Crippen molar-refractivity contribution in [3.05, 3.63) is 24.8 Å². The Morgan fingerprint density at radius 3 is 2.83 bits per heavy atom. The fraction of sp³-hybridized carbons (Fsp3) is 0.462. The second kappa shape index (κ2) is 5.91. The summed E-state index contributed by atoms with van der Waals surface area (Å²) in [4.78, 5) is 0. The van der Waals surface area contributed by atoms with Gasteiger partial charge < -0.3 is 19.5 Å². The van der Waals surface area contributed by atoms with E-state index in [2.05, 4.69) is 5.32 Å². The van der Waals surface area contributed by atoms with Crippen molar-refractivity contribution in [2.24, 2.45) is 0 Å². The van der Waals surface area contributed by atoms with Gasteiger partial charge in [0.2, 0.25) is 0 Å². The topological polar surface area (TPSA) is 39.7 Å². The Labute approximate surface area is 106 Å². The molecule has 0 spiro atoms. The molecule has 1 aliphatic rings. The summed E-state index contributed by atoms with van der Waals surface area (Å²) in [6, 6.07) is 5.07. The summed E-state index contributed by atoms with van der Waals surface area (Å²) in [6.07, 6.45) is -0.521. The van der Waals surface area contributed by atoms with Crippen LogP contribution in [0.3, 0.4) is 0 Å². The average Bonchev–Trinajstić information content (AvgIpc) is 2.41. The molecule has 0 amide bonds. The molecule has 2 unspecified atom stereocenters. The highest BCUT2D eigenvalue weighted by molar-refractivity contribution is 5.60. The molecular weight excluding hydrogens is 237 g/mol. The third-order valence-corrected chi connectivity index (χ3v) is 2.90. The maximum Gasteiger partial charge on any atom is 0.149 e. The largest absolute Gasteiger partial charge is 0.497 e. The number of anilines is 1. The highest BCUT2D eigenvalue weighted by Crippen LogP contribution is 2.31. The Hall–Kier alpha value is -1.49. The molecule has 0 bridgehead atoms. The first-order chi connectivity index (χ1) is 8.74. The van der Waals surface area contributed by atoms with Crippen molar-refractivity contribution in [3.63, 3.8) is 0 Å². The number of ether oxygens (including phenoxy) is 3. The summed E-state index contributed by atoms with van der Waals surface area (Å²) in [6.45, 7) is 1.75. The van der Waals surface area contributed by atoms with Crippen LogP contribution in [-0.2, 0) is 4.74 Å². The molecule has 0 saturated carbocycles. The van der Waals surface area contributed by atoms with Gasteiger partial charge in [-0.1, -0.05) is 0 Å². The van der Waals surface area contributed by atoms with Gasteiger partial charge in [0.15, 0.2) is 0 Å². The van der Waals surface area contributed by atoms with E-state index in [1.165, 1.54) is 6.61 Å². The lowest BCUT2D eigenvalue weighted by Crippen LogP contribution is -2.36. The summed E-state index contributed by atoms with van der Waals surface area (Å²) in [5.41, 5.74) is 0.722. The number of hydrogen-bond donors (Lipinski definition) is 1. The van der Waals surface area contributed by atoms with E-state index < -0.39 is 6.17 Å². The van der Waals surface area contributed by atoms with E-state index in [9.17, 15) is 4.39 Å². The predicted molar refractivity (Wildman–Crippen MR) is 66.7 cm³/mol. The predicted octanol–water partition coefficient (Wildman–Crippen LogP) is 2.40. The number of nitrogens with one attached hydrogen (secondary N) is 1. The average molecular weight is 254 g/mol. The monoisotopic (exact) mass is 254 g/mol. The van der Waals surface area contributed by atoms with E-state index >= 15 is 0 Å². The number of rotatable bonds is 4. The Morgan fingerprint density at radius 1 is 1.33 bits per heavy atom. The summed E-state index contributed by atoms with van der Waals surface area (Å²) in [7, 11) is 3.17. The van der Waals surface area contributed by atoms with Gasteiger partial charge in [0, 0.05) is 12.7 Å². The van der Waals surface area contributed by atoms with Gasteiger partial charge in [-0.05, 0) is 18.6 Å². The third kappa shape index (κ3) is 2.85. The van der Waals surface area contributed by atoms with Crippen LogP contribution in [0.4, 0.5) is 10.1 Å². The van der Waals surface area contributed by atoms with Gasteiger partial charge in [0.05, 0.1) is 25.9 Å². The molecule has 2 rings (SSSR count). The molecule has 1 aromatic rings. The first-order valence-electron chi connectivity index (χ1n) is 5.82. The van der Waals surface area contributed by atoms with Crippen LogP contribution in [0, 0.1) is 6.61 Å². The Balaban J connectivity index is 2.15. The van der Waals surface area contributed by atoms with Crippen LogP contribution in [0.25, 0.3) is 0 Å². The van der Waals surface area contributed by atoms with Gasteiger partial charge in [-0.2, -0.15) is 0 Å². The molecule has 1 radical (unpaired) electrons. The molecule has 1 N–H and O–H groups in total. The molecule has 1 aliphatic heterocycles. The Morgan fingerprint density at radius 2 is 2.17 bits per heavy atom. The van der Waals surface area contributed by atoms with E-state index in [1.807, 2.05) is 0 Å². The first-order valence-corrected chi connectivity index (χ1v) is 5.82. The summed E-state index contributed by atoms with van der Waals surface area (Å²) >= 11 is 0. The molecular formula is C13H17FNO3. The van der Waals surface area contributed by atoms with Crippen molar-refractivity contribution >= 4 is 5.69 Å². The maximum atomic E-state index is 13.6. The summed E-state index contributed by atoms with van der Waals surface area (Å²) in [5, 5.41) is 3.13. The standard InChI is InChI=1S/C13H17FNO3/c1-16-9-3-4-13(17-2)12(7-9)15-11-5-6-18-8-10(11)14/h3-4,7-8,10-11,15H,5-6H2,1-2H3. The van der Waals surface area contributed by atoms with E-state index in [1.54, 1.807) is 32.4 Å². The van der Waals surface area contributed by atoms with Gasteiger partial charge in [0.1, 0.15) is 24.3 Å². The molecule has 5 heteroatoms. The molecule has 99 valence electrons. The highest BCUT2D eigenvalue weighted by Gasteiger charge is 2.26. The van der Waals surface area contributed by atoms with Gasteiger partial charge in [-0.25, -0.2) is 4.39 Å². The van der Waals surface area contributed by atoms with Crippen LogP contribution < -0.4 is 14.8 Å². The summed E-state index contributed by atoms with van der Waals surface area (Å²) < 4.78 is 29.0. The number of halogens is 1. The SMILES string of the molecule is COc1ccc(OC)c(NC2CCO[CH]C2F)c1. The second-order valence-corrected chi connectivity index (χ2v) is 4.06. The van der Waals surface area contributed by atoms with Crippen molar-refractivity contribution < 1.29 is 18.6 Å². The van der Waals surface area contributed by atoms with Crippen LogP contribution in [0.2, 0.25) is 0 Å². The zero-order chi connectivity index (χ0) is 13.0. The van der Waals surface area contributed by atoms with Gasteiger partial charge in [-0.15, -0.1) is 0 Å². The Bertz CT molecular complexity index is 400. The third-order valence-electron chi connectivity index (χ3n) is 2.90. The van der Waals surface area contributed by atoms with Crippen molar-refractivity contribution in [1.29, 1.82) is 0 Å². The molecule has 0 aliphatic carbocycles. The van der Waals surface area contributed by atoms with Gasteiger partial charge in [-0.3, -0.25) is 0 Å². The molecule has 1 fully saturated rings. The number of benzene rings is 1. The van der Waals surface area contributed by atoms with Crippen molar-refractivity contribution in [1.82, 2.24) is 0 Å². The van der Waals surface area contributed by atoms with Gasteiger partial charge >= 0.3 is 0 Å². The van der Waals surface area contributed by atoms with Crippen molar-refractivity contribution in [2.45, 2.75) is 18.6 Å². The minimum Gasteiger partial charge on any atom is -0.497 e. The van der Waals surface area contributed by atoms with Crippen LogP contribution in [0.15, 0.2) is 18.2 Å². The smallest absolute Gasteiger partial charge is 0.149 e. The number of alkyl halides is 1. The van der Waals surface area contributed by atoms with E-state index in [4.69, 9.17) is 14.2 Å². The highest BCUT2D eigenvalue weighted by atomic mass is 19.1. The lowest BCUT2D eigenvalue weighted by molar-refractivity contribution is 0.0846. The van der Waals surface area contributed by atoms with Crippen LogP contribution in [-0.4, -0.2) is 33.0 Å². The molecule has 2 atom stereocenters. The van der Waals surface area contributed by atoms with E-state index in [0.717, 1.165) is 5.69 Å². The zero-order valence-corrected chi connectivity index (χ0v) is 10.5. The maximum absolute atomic E-state index is 13.6. The van der Waals surface area contributed by atoms with Crippen LogP contribution in [0.1, 0.15) is 6.42 Å². The van der Waals surface area contributed by atoms with Gasteiger partial charge in [0.25, 0.3) is 0 Å². The first kappa shape index (κ1) is 13.0. The molecule has 4 nitrogen and oxygen atoms in total. The number of methoxy groups -OCH3 is 2. The minimum absolute atomic E-state index is 0.306. The van der Waals surface area contributed by atoms with E-state index in [-0.39, 0.29) is 6.04 Å². The van der Waals surface area contributed by atoms with Crippen molar-refractivity contribution in [2.75, 3.05) is 26.1 Å². The molecule has 1 saturated heterocycles. The lowest BCUT2D eigenvalue weighted by atomic mass is 10.1. The lowest BCUT2D eigenvalue weighted by Gasteiger charge is -2.28. The molecule has 18 heavy (non-hydrogen) atoms. The van der Waals surface area contributed by atoms with Crippen LogP contribution in [0.5, 0.6) is 11.5 Å². The second-order valence-electron chi connectivity index (χ2n) is 4.06. The van der Waals surface area contributed by atoms with Crippen molar-refractivity contribution in [3.8, 4) is 11.5 Å². The zero-order valence-electron chi connectivity index (χ0n) is 10.5. The minimum atomic E-state index is -1.13. The van der Waals surface area contributed by atoms with Crippen LogP contribution >= 0.6 is 0 Å². The number of hydrogen-bond acceptors (Lipinski definition) is 4. The Kier molecular flexibility index (Phi) is 4.25. The molecule has 1 heterocycles.